The highest BCUT2D eigenvalue weighted by atomic mass is 32.2. The summed E-state index contributed by atoms with van der Waals surface area (Å²) in [6.07, 6.45) is 0. The van der Waals surface area contributed by atoms with Crippen molar-refractivity contribution in [2.45, 2.75) is 5.25 Å². The van der Waals surface area contributed by atoms with Crippen LogP contribution in [-0.4, -0.2) is 37.2 Å². The van der Waals surface area contributed by atoms with Crippen LogP contribution in [0.5, 0.6) is 0 Å². The van der Waals surface area contributed by atoms with Crippen LogP contribution in [0.15, 0.2) is 0 Å². The summed E-state index contributed by atoms with van der Waals surface area (Å²) in [6.45, 7) is 4.89. The van der Waals surface area contributed by atoms with E-state index in [4.69, 9.17) is 0 Å². The zero-order valence-electron chi connectivity index (χ0n) is 6.10. The minimum absolute atomic E-state index is 0.896. The zero-order valence-corrected chi connectivity index (χ0v) is 6.91. The van der Waals surface area contributed by atoms with E-state index in [1.54, 1.807) is 0 Å². The van der Waals surface area contributed by atoms with Gasteiger partial charge in [0.25, 0.3) is 0 Å². The monoisotopic (exact) mass is 158 g/mol. The molecule has 0 amide bonds. The molecule has 0 radical (unpaired) electrons. The van der Waals surface area contributed by atoms with Crippen molar-refractivity contribution in [3.63, 3.8) is 0 Å². The molecule has 0 aromatic heterocycles. The Hall–Kier alpha value is 0.270. The van der Waals surface area contributed by atoms with E-state index in [9.17, 15) is 0 Å². The Morgan fingerprint density at radius 1 is 1.10 bits per heavy atom. The topological polar surface area (TPSA) is 24.1 Å². The molecule has 0 aromatic rings. The van der Waals surface area contributed by atoms with Gasteiger partial charge in [-0.2, -0.15) is 11.8 Å². The molecule has 0 saturated carbocycles. The predicted molar refractivity (Wildman–Crippen MR) is 45.5 cm³/mol. The maximum Gasteiger partial charge on any atom is 0.0225 e. The van der Waals surface area contributed by atoms with Gasteiger partial charge in [0.2, 0.25) is 0 Å². The van der Waals surface area contributed by atoms with Crippen molar-refractivity contribution in [1.82, 2.24) is 10.6 Å². The fourth-order valence-electron chi connectivity index (χ4n) is 1.68. The highest BCUT2D eigenvalue weighted by molar-refractivity contribution is 8.00. The molecular formula is C7H14N2S. The van der Waals surface area contributed by atoms with Crippen molar-refractivity contribution in [3.8, 4) is 0 Å². The third-order valence-corrected chi connectivity index (χ3v) is 3.71. The molecule has 2 aliphatic rings. The van der Waals surface area contributed by atoms with E-state index in [1.165, 1.54) is 31.9 Å². The van der Waals surface area contributed by atoms with Crippen molar-refractivity contribution in [2.75, 3.05) is 31.9 Å². The minimum Gasteiger partial charge on any atom is -0.316 e. The number of fused-ring (bicyclic) bond motifs is 1. The molecular weight excluding hydrogens is 144 g/mol. The van der Waals surface area contributed by atoms with E-state index >= 15 is 0 Å². The maximum absolute atomic E-state index is 3.46. The van der Waals surface area contributed by atoms with Crippen LogP contribution >= 0.6 is 11.8 Å². The first-order chi connectivity index (χ1) is 4.97. The predicted octanol–water partition coefficient (Wildman–Crippen LogP) is -0.0892. The summed E-state index contributed by atoms with van der Waals surface area (Å²) in [7, 11) is 0. The third-order valence-electron chi connectivity index (χ3n) is 2.30. The summed E-state index contributed by atoms with van der Waals surface area (Å²) in [5, 5.41) is 7.79. The van der Waals surface area contributed by atoms with E-state index in [0.717, 1.165) is 11.2 Å². The minimum atomic E-state index is 0.896. The van der Waals surface area contributed by atoms with Crippen LogP contribution in [0, 0.1) is 5.92 Å². The van der Waals surface area contributed by atoms with Crippen LogP contribution < -0.4 is 10.6 Å². The van der Waals surface area contributed by atoms with Gasteiger partial charge in [0.1, 0.15) is 0 Å². The first-order valence-corrected chi connectivity index (χ1v) is 5.05. The molecule has 3 heteroatoms. The molecule has 2 saturated heterocycles. The van der Waals surface area contributed by atoms with Gasteiger partial charge in [-0.3, -0.25) is 0 Å². The van der Waals surface area contributed by atoms with E-state index in [1.807, 2.05) is 0 Å². The summed E-state index contributed by atoms with van der Waals surface area (Å²) in [5.74, 6) is 2.19. The van der Waals surface area contributed by atoms with E-state index in [-0.39, 0.29) is 0 Å². The molecule has 0 aliphatic carbocycles. The summed E-state index contributed by atoms with van der Waals surface area (Å²) in [6, 6.07) is 0. The smallest absolute Gasteiger partial charge is 0.0225 e. The highest BCUT2D eigenvalue weighted by Gasteiger charge is 2.28. The molecule has 2 aliphatic heterocycles. The lowest BCUT2D eigenvalue weighted by Crippen LogP contribution is -2.26. The molecule has 0 aromatic carbocycles. The van der Waals surface area contributed by atoms with Gasteiger partial charge in [-0.25, -0.2) is 0 Å². The summed E-state index contributed by atoms with van der Waals surface area (Å²) >= 11 is 2.13. The van der Waals surface area contributed by atoms with Crippen molar-refractivity contribution >= 4 is 11.8 Å². The zero-order chi connectivity index (χ0) is 6.81. The molecule has 2 N–H and O–H groups in total. The second-order valence-electron chi connectivity index (χ2n) is 3.03. The average molecular weight is 158 g/mol. The summed E-state index contributed by atoms with van der Waals surface area (Å²) < 4.78 is 0. The first kappa shape index (κ1) is 6.95. The standard InChI is InChI=1S/C7H14N2S/c1-2-10-7-5-9-4-6(7)3-8-1/h6-9H,1-5H2. The van der Waals surface area contributed by atoms with Crippen LogP contribution in [0.25, 0.3) is 0 Å². The van der Waals surface area contributed by atoms with Gasteiger partial charge in [0, 0.05) is 37.2 Å². The normalized spacial score (nSPS) is 40.8. The second kappa shape index (κ2) is 3.11. The quantitative estimate of drug-likeness (QED) is 0.515. The van der Waals surface area contributed by atoms with Crippen LogP contribution in [0.1, 0.15) is 0 Å². The van der Waals surface area contributed by atoms with Crippen LogP contribution in [0.4, 0.5) is 0 Å². The van der Waals surface area contributed by atoms with Crippen molar-refractivity contribution in [2.24, 2.45) is 5.92 Å². The summed E-state index contributed by atoms with van der Waals surface area (Å²) in [4.78, 5) is 0. The molecule has 2 fully saturated rings. The van der Waals surface area contributed by atoms with Gasteiger partial charge >= 0.3 is 0 Å². The van der Waals surface area contributed by atoms with Gasteiger partial charge in [-0.05, 0) is 5.92 Å². The molecule has 10 heavy (non-hydrogen) atoms. The van der Waals surface area contributed by atoms with Crippen LogP contribution in [-0.2, 0) is 0 Å². The molecule has 2 atom stereocenters. The average Bonchev–Trinajstić information content (AvgIpc) is 2.28. The van der Waals surface area contributed by atoms with Crippen LogP contribution in [0.2, 0.25) is 0 Å². The fraction of sp³-hybridized carbons (Fsp3) is 1.00. The van der Waals surface area contributed by atoms with E-state index < -0.39 is 0 Å². The Morgan fingerprint density at radius 3 is 3.00 bits per heavy atom. The van der Waals surface area contributed by atoms with E-state index in [0.29, 0.717) is 0 Å². The number of hydrogen-bond acceptors (Lipinski definition) is 3. The van der Waals surface area contributed by atoms with Crippen molar-refractivity contribution in [1.29, 1.82) is 0 Å². The molecule has 0 bridgehead atoms. The van der Waals surface area contributed by atoms with Gasteiger partial charge in [-0.1, -0.05) is 0 Å². The van der Waals surface area contributed by atoms with Gasteiger partial charge in [0.05, 0.1) is 0 Å². The largest absolute Gasteiger partial charge is 0.316 e. The highest BCUT2D eigenvalue weighted by Crippen LogP contribution is 2.23. The summed E-state index contributed by atoms with van der Waals surface area (Å²) in [5.41, 5.74) is 0. The van der Waals surface area contributed by atoms with Gasteiger partial charge in [-0.15, -0.1) is 0 Å². The third kappa shape index (κ3) is 1.31. The van der Waals surface area contributed by atoms with Gasteiger partial charge < -0.3 is 10.6 Å². The maximum atomic E-state index is 3.46. The number of hydrogen-bond donors (Lipinski definition) is 2. The SMILES string of the molecule is C1CSC2CNCC2CN1. The lowest BCUT2D eigenvalue weighted by Gasteiger charge is -2.12. The molecule has 2 unspecified atom stereocenters. The van der Waals surface area contributed by atoms with Crippen molar-refractivity contribution < 1.29 is 0 Å². The first-order valence-electron chi connectivity index (χ1n) is 4.00. The Kier molecular flexibility index (Phi) is 2.16. The Bertz CT molecular complexity index is 106. The van der Waals surface area contributed by atoms with Gasteiger partial charge in [0.15, 0.2) is 0 Å². The Balaban J connectivity index is 1.95. The Morgan fingerprint density at radius 2 is 2.00 bits per heavy atom. The molecule has 2 nitrogen and oxygen atoms in total. The van der Waals surface area contributed by atoms with Crippen LogP contribution in [0.3, 0.4) is 0 Å². The van der Waals surface area contributed by atoms with Crippen molar-refractivity contribution in [3.05, 3.63) is 0 Å². The lowest BCUT2D eigenvalue weighted by atomic mass is 10.1. The lowest BCUT2D eigenvalue weighted by molar-refractivity contribution is 0.543. The second-order valence-corrected chi connectivity index (χ2v) is 4.38. The van der Waals surface area contributed by atoms with E-state index in [2.05, 4.69) is 22.4 Å². The Labute approximate surface area is 66.1 Å². The number of rotatable bonds is 0. The molecule has 2 heterocycles. The number of nitrogens with one attached hydrogen (secondary N) is 2. The molecule has 2 rings (SSSR count). The molecule has 58 valence electrons. The molecule has 0 spiro atoms. The number of thioether (sulfide) groups is 1. The fourth-order valence-corrected chi connectivity index (χ4v) is 2.94.